The summed E-state index contributed by atoms with van der Waals surface area (Å²) in [6.07, 6.45) is 0. The molecule has 0 radical (unpaired) electrons. The average molecular weight is 655 g/mol. The molecule has 1 aliphatic carbocycles. The van der Waals surface area contributed by atoms with Gasteiger partial charge in [-0.15, -0.1) is 0 Å². The number of aliphatic hydroxyl groups excluding tert-OH is 2. The maximum absolute atomic E-state index is 9.59. The van der Waals surface area contributed by atoms with E-state index in [1.54, 1.807) is 23.5 Å². The minimum Gasteiger partial charge on any atom is -0.490 e. The van der Waals surface area contributed by atoms with E-state index in [9.17, 15) is 10.2 Å². The number of rotatable bonds is 12. The fourth-order valence-electron chi connectivity index (χ4n) is 6.45. The summed E-state index contributed by atoms with van der Waals surface area (Å²) in [4.78, 5) is 4.16. The molecule has 0 fully saturated rings. The number of ether oxygens (including phenoxy) is 2. The van der Waals surface area contributed by atoms with Gasteiger partial charge in [0.05, 0.1) is 28.4 Å². The Morgan fingerprint density at radius 3 is 1.30 bits per heavy atom. The van der Waals surface area contributed by atoms with Crippen molar-refractivity contribution in [1.82, 2.24) is 0 Å². The van der Waals surface area contributed by atoms with Gasteiger partial charge < -0.3 is 19.7 Å². The monoisotopic (exact) mass is 654 g/mol. The number of benzene rings is 6. The molecule has 0 bridgehead atoms. The van der Waals surface area contributed by atoms with E-state index in [-0.39, 0.29) is 26.4 Å². The summed E-state index contributed by atoms with van der Waals surface area (Å²) in [5.41, 5.74) is 6.42. The van der Waals surface area contributed by atoms with Crippen LogP contribution < -0.4 is 9.47 Å². The van der Waals surface area contributed by atoms with E-state index < -0.39 is 5.41 Å². The smallest absolute Gasteiger partial charge is 0.133 e. The Morgan fingerprint density at radius 1 is 0.468 bits per heavy atom. The highest BCUT2D eigenvalue weighted by Crippen LogP contribution is 2.57. The molecule has 7 rings (SSSR count). The van der Waals surface area contributed by atoms with Crippen LogP contribution in [0.4, 0.5) is 0 Å². The van der Waals surface area contributed by atoms with Crippen LogP contribution in [0.5, 0.6) is 11.5 Å². The second-order valence-electron chi connectivity index (χ2n) is 11.1. The predicted octanol–water partition coefficient (Wildman–Crippen LogP) is 9.09. The first-order valence-corrected chi connectivity index (χ1v) is 17.3. The Kier molecular flexibility index (Phi) is 9.36. The third-order valence-electron chi connectivity index (χ3n) is 8.35. The maximum atomic E-state index is 9.59. The van der Waals surface area contributed by atoms with Gasteiger partial charge in [0.25, 0.3) is 0 Å². The van der Waals surface area contributed by atoms with Crippen LogP contribution in [0.15, 0.2) is 165 Å². The summed E-state index contributed by atoms with van der Waals surface area (Å²) in [5, 5.41) is 19.2. The highest BCUT2D eigenvalue weighted by Gasteiger charge is 2.46. The first kappa shape index (κ1) is 31.2. The van der Waals surface area contributed by atoms with Gasteiger partial charge in [0, 0.05) is 9.79 Å². The lowest BCUT2D eigenvalue weighted by Crippen LogP contribution is -2.29. The quantitative estimate of drug-likeness (QED) is 0.137. The van der Waals surface area contributed by atoms with Crippen LogP contribution in [-0.4, -0.2) is 36.6 Å². The first-order chi connectivity index (χ1) is 23.2. The van der Waals surface area contributed by atoms with Gasteiger partial charge in [0.2, 0.25) is 0 Å². The molecule has 6 heteroatoms. The Balaban J connectivity index is 1.48. The molecule has 0 aliphatic heterocycles. The van der Waals surface area contributed by atoms with Gasteiger partial charge in [-0.05, 0) is 81.9 Å². The zero-order chi connectivity index (χ0) is 32.1. The van der Waals surface area contributed by atoms with E-state index in [1.807, 2.05) is 48.5 Å². The number of hydrogen-bond acceptors (Lipinski definition) is 6. The van der Waals surface area contributed by atoms with E-state index in [1.165, 1.54) is 22.3 Å². The lowest BCUT2D eigenvalue weighted by Gasteiger charge is -2.35. The van der Waals surface area contributed by atoms with Gasteiger partial charge in [0.1, 0.15) is 24.7 Å². The summed E-state index contributed by atoms with van der Waals surface area (Å²) in [7, 11) is 0. The summed E-state index contributed by atoms with van der Waals surface area (Å²) in [5.74, 6) is 1.47. The molecule has 4 nitrogen and oxygen atoms in total. The van der Waals surface area contributed by atoms with Crippen LogP contribution in [0, 0.1) is 0 Å². The molecule has 0 unspecified atom stereocenters. The molecule has 47 heavy (non-hydrogen) atoms. The first-order valence-electron chi connectivity index (χ1n) is 15.6. The Hall–Kier alpha value is -4.46. The van der Waals surface area contributed by atoms with E-state index in [0.29, 0.717) is 0 Å². The molecule has 0 saturated carbocycles. The fraction of sp³-hybridized carbons (Fsp3) is 0.122. The van der Waals surface area contributed by atoms with E-state index in [2.05, 4.69) is 97.1 Å². The lowest BCUT2D eigenvalue weighted by molar-refractivity contribution is 0.198. The maximum Gasteiger partial charge on any atom is 0.133 e. The largest absolute Gasteiger partial charge is 0.490 e. The van der Waals surface area contributed by atoms with Crippen LogP contribution in [0.2, 0.25) is 0 Å². The van der Waals surface area contributed by atoms with Crippen molar-refractivity contribution in [2.45, 2.75) is 25.0 Å². The molecule has 0 amide bonds. The molecular formula is C41H34O4S2. The molecule has 0 saturated heterocycles. The number of hydrogen-bond donors (Lipinski definition) is 2. The van der Waals surface area contributed by atoms with Gasteiger partial charge in [-0.3, -0.25) is 0 Å². The Morgan fingerprint density at radius 2 is 0.872 bits per heavy atom. The molecule has 6 aromatic rings. The normalized spacial score (nSPS) is 12.7. The van der Waals surface area contributed by atoms with Crippen molar-refractivity contribution >= 4 is 23.5 Å². The Labute approximate surface area is 284 Å². The van der Waals surface area contributed by atoms with Gasteiger partial charge in [-0.1, -0.05) is 121 Å². The lowest BCUT2D eigenvalue weighted by atomic mass is 9.67. The molecule has 0 heterocycles. The third kappa shape index (κ3) is 6.06. The molecule has 0 aromatic heterocycles. The SMILES string of the molecule is OCCOc1ccc(C2(c3ccc(OCCO)c(Sc4ccccc4)c3)c3ccccc3-c3ccccc32)cc1Sc1ccccc1. The van der Waals surface area contributed by atoms with Gasteiger partial charge in [-0.25, -0.2) is 0 Å². The van der Waals surface area contributed by atoms with Gasteiger partial charge in [-0.2, -0.15) is 0 Å². The molecule has 0 atom stereocenters. The Bertz CT molecular complexity index is 1830. The molecular weight excluding hydrogens is 621 g/mol. The minimum absolute atomic E-state index is 0.0611. The second kappa shape index (κ2) is 14.1. The molecule has 6 aromatic carbocycles. The van der Waals surface area contributed by atoms with E-state index in [4.69, 9.17) is 9.47 Å². The molecule has 1 aliphatic rings. The number of fused-ring (bicyclic) bond motifs is 3. The van der Waals surface area contributed by atoms with Crippen molar-refractivity contribution in [3.63, 3.8) is 0 Å². The minimum atomic E-state index is -0.643. The molecule has 2 N–H and O–H groups in total. The zero-order valence-electron chi connectivity index (χ0n) is 25.7. The zero-order valence-corrected chi connectivity index (χ0v) is 27.3. The van der Waals surface area contributed by atoms with Crippen molar-refractivity contribution < 1.29 is 19.7 Å². The summed E-state index contributed by atoms with van der Waals surface area (Å²) < 4.78 is 12.2. The van der Waals surface area contributed by atoms with Gasteiger partial charge >= 0.3 is 0 Å². The predicted molar refractivity (Wildman–Crippen MR) is 190 cm³/mol. The topological polar surface area (TPSA) is 58.9 Å². The number of aliphatic hydroxyl groups is 2. The van der Waals surface area contributed by atoms with E-state index in [0.717, 1.165) is 42.2 Å². The van der Waals surface area contributed by atoms with E-state index >= 15 is 0 Å². The van der Waals surface area contributed by atoms with Crippen LogP contribution in [0.3, 0.4) is 0 Å². The van der Waals surface area contributed by atoms with Crippen molar-refractivity contribution in [3.8, 4) is 22.6 Å². The van der Waals surface area contributed by atoms with Crippen molar-refractivity contribution in [2.75, 3.05) is 26.4 Å². The third-order valence-corrected chi connectivity index (χ3v) is 10.4. The summed E-state index contributed by atoms with van der Waals surface area (Å²) in [6, 6.07) is 50.9. The van der Waals surface area contributed by atoms with Crippen LogP contribution in [-0.2, 0) is 5.41 Å². The van der Waals surface area contributed by atoms with Crippen LogP contribution in [0.25, 0.3) is 11.1 Å². The van der Waals surface area contributed by atoms with Gasteiger partial charge in [0.15, 0.2) is 0 Å². The molecule has 0 spiro atoms. The van der Waals surface area contributed by atoms with Crippen molar-refractivity contribution in [2.24, 2.45) is 0 Å². The second-order valence-corrected chi connectivity index (χ2v) is 13.4. The highest BCUT2D eigenvalue weighted by molar-refractivity contribution is 7.99. The van der Waals surface area contributed by atoms with Crippen LogP contribution >= 0.6 is 23.5 Å². The highest BCUT2D eigenvalue weighted by atomic mass is 32.2. The fourth-order valence-corrected chi connectivity index (χ4v) is 8.37. The van der Waals surface area contributed by atoms with Crippen LogP contribution in [0.1, 0.15) is 22.3 Å². The summed E-state index contributed by atoms with van der Waals surface area (Å²) in [6.45, 7) is 0.310. The van der Waals surface area contributed by atoms with Crippen molar-refractivity contribution in [3.05, 3.63) is 168 Å². The molecule has 234 valence electrons. The summed E-state index contributed by atoms with van der Waals surface area (Å²) >= 11 is 3.31. The van der Waals surface area contributed by atoms with Crippen molar-refractivity contribution in [1.29, 1.82) is 0 Å². The average Bonchev–Trinajstić information content (AvgIpc) is 3.42. The standard InChI is InChI=1S/C41H34O4S2/c42-23-25-44-37-21-19-29(27-39(37)46-31-11-3-1-4-12-31)41(35-17-9-7-15-33(35)34-16-8-10-18-36(34)41)30-20-22-38(45-26-24-43)40(28-30)47-32-13-5-2-6-14-32/h1-22,27-28,42-43H,23-26H2.